The number of anilines is 1. The van der Waals surface area contributed by atoms with Crippen molar-refractivity contribution >= 4 is 23.3 Å². The normalized spacial score (nSPS) is 32.4. The minimum Gasteiger partial charge on any atom is -0.490 e. The average molecular weight is 538 g/mol. The van der Waals surface area contributed by atoms with Crippen LogP contribution in [-0.2, 0) is 16.6 Å². The first-order valence-electron chi connectivity index (χ1n) is 13.8. The summed E-state index contributed by atoms with van der Waals surface area (Å²) in [6.07, 6.45) is 8.07. The monoisotopic (exact) mass is 537 g/mol. The number of hydrogen-bond acceptors (Lipinski definition) is 5. The highest BCUT2D eigenvalue weighted by Gasteiger charge is 2.46. The van der Waals surface area contributed by atoms with Crippen LogP contribution in [0.4, 0.5) is 5.69 Å². The van der Waals surface area contributed by atoms with Crippen molar-refractivity contribution in [2.75, 3.05) is 31.2 Å². The first-order chi connectivity index (χ1) is 18.3. The summed E-state index contributed by atoms with van der Waals surface area (Å²) in [7, 11) is 0. The molecule has 1 unspecified atom stereocenters. The molecule has 4 aliphatic rings. The van der Waals surface area contributed by atoms with E-state index in [1.807, 2.05) is 12.1 Å². The Bertz CT molecular complexity index is 1250. The second-order valence-electron chi connectivity index (χ2n) is 11.8. The highest BCUT2D eigenvalue weighted by molar-refractivity contribution is 6.30. The Morgan fingerprint density at radius 2 is 2.08 bits per heavy atom. The maximum atomic E-state index is 11.9. The van der Waals surface area contributed by atoms with E-state index in [1.54, 1.807) is 18.2 Å². The van der Waals surface area contributed by atoms with E-state index in [2.05, 4.69) is 23.6 Å². The summed E-state index contributed by atoms with van der Waals surface area (Å²) in [4.78, 5) is 14.3. The van der Waals surface area contributed by atoms with Crippen LogP contribution < -0.4 is 9.64 Å². The minimum absolute atomic E-state index is 0.00469. The summed E-state index contributed by atoms with van der Waals surface area (Å²) in [6, 6.07) is 11.4. The minimum atomic E-state index is -0.940. The van der Waals surface area contributed by atoms with Gasteiger partial charge in [0.1, 0.15) is 5.75 Å². The number of carboxylic acids is 1. The van der Waals surface area contributed by atoms with Crippen molar-refractivity contribution < 1.29 is 24.5 Å². The largest absolute Gasteiger partial charge is 0.490 e. The van der Waals surface area contributed by atoms with E-state index in [0.717, 1.165) is 61.7 Å². The first-order valence-corrected chi connectivity index (χ1v) is 14.2. The van der Waals surface area contributed by atoms with E-state index in [0.29, 0.717) is 37.9 Å². The van der Waals surface area contributed by atoms with Gasteiger partial charge < -0.3 is 24.6 Å². The van der Waals surface area contributed by atoms with Gasteiger partial charge in [0.05, 0.1) is 36.2 Å². The summed E-state index contributed by atoms with van der Waals surface area (Å²) in [6.45, 7) is 6.49. The van der Waals surface area contributed by atoms with Crippen molar-refractivity contribution in [3.63, 3.8) is 0 Å². The molecule has 6 nitrogen and oxygen atoms in total. The summed E-state index contributed by atoms with van der Waals surface area (Å²) in [5.41, 5.74) is 2.62. The fourth-order valence-electron chi connectivity index (χ4n) is 7.20. The maximum absolute atomic E-state index is 11.9. The molecule has 5 atom stereocenters. The number of halogens is 1. The molecule has 38 heavy (non-hydrogen) atoms. The molecule has 2 fully saturated rings. The summed E-state index contributed by atoms with van der Waals surface area (Å²) >= 11 is 6.37. The molecule has 2 N–H and O–H groups in total. The van der Waals surface area contributed by atoms with E-state index in [1.165, 1.54) is 11.1 Å². The van der Waals surface area contributed by atoms with Gasteiger partial charge in [0.25, 0.3) is 0 Å². The quantitative estimate of drug-likeness (QED) is 0.481. The Labute approximate surface area is 229 Å². The molecule has 6 rings (SSSR count). The average Bonchev–Trinajstić information content (AvgIpc) is 3.03. The summed E-state index contributed by atoms with van der Waals surface area (Å²) in [5, 5.41) is 21.4. The number of fused-ring (bicyclic) bond motifs is 3. The standard InChI is InChI=1S/C31H36ClNO5/c1-2-31(36)12-13-37-28(16-31)24-8-5-22(24)17-33-18-30(11-3-4-20-14-23(32)7-9-25(20)30)19-38-27-10-6-21(29(34)35)15-26(27)33/h2,6-7,9-10,14-15,22,24,28,36H,1,3-5,8,11-13,16-19H2,(H,34,35)/t22-,24+,28+,30?,31-/m0/s1. The zero-order valence-electron chi connectivity index (χ0n) is 21.7. The molecule has 2 aromatic carbocycles. The molecule has 2 aliphatic heterocycles. The first kappa shape index (κ1) is 25.7. The van der Waals surface area contributed by atoms with Crippen molar-refractivity contribution in [2.24, 2.45) is 11.8 Å². The molecule has 202 valence electrons. The van der Waals surface area contributed by atoms with Crippen molar-refractivity contribution in [3.8, 4) is 5.75 Å². The molecular weight excluding hydrogens is 502 g/mol. The number of carbonyl (C=O) groups is 1. The third-order valence-electron chi connectivity index (χ3n) is 9.49. The molecule has 7 heteroatoms. The third-order valence-corrected chi connectivity index (χ3v) is 9.73. The van der Waals surface area contributed by atoms with Gasteiger partial charge in [-0.15, -0.1) is 6.58 Å². The van der Waals surface area contributed by atoms with Gasteiger partial charge >= 0.3 is 5.97 Å². The van der Waals surface area contributed by atoms with Gasteiger partial charge in [-0.1, -0.05) is 23.7 Å². The lowest BCUT2D eigenvalue weighted by atomic mass is 9.67. The van der Waals surface area contributed by atoms with E-state index in [4.69, 9.17) is 21.1 Å². The number of aliphatic hydroxyl groups is 1. The van der Waals surface area contributed by atoms with E-state index in [9.17, 15) is 15.0 Å². The van der Waals surface area contributed by atoms with Crippen LogP contribution >= 0.6 is 11.6 Å². The van der Waals surface area contributed by atoms with Crippen LogP contribution in [0.1, 0.15) is 60.0 Å². The molecule has 1 spiro atoms. The van der Waals surface area contributed by atoms with E-state index in [-0.39, 0.29) is 17.1 Å². The molecule has 1 saturated heterocycles. The Hall–Kier alpha value is -2.54. The van der Waals surface area contributed by atoms with Gasteiger partial charge in [-0.05, 0) is 85.4 Å². The zero-order chi connectivity index (χ0) is 26.5. The SMILES string of the molecule is C=C[C@]1(O)CCO[C@@H]([C@@H]2CC[C@H]2CN2CC3(CCCc4cc(Cl)ccc43)COc3ccc(C(=O)O)cc32)C1. The highest BCUT2D eigenvalue weighted by atomic mass is 35.5. The number of rotatable bonds is 5. The Balaban J connectivity index is 1.33. The molecular formula is C31H36ClNO5. The van der Waals surface area contributed by atoms with Crippen LogP contribution in [0.15, 0.2) is 49.1 Å². The number of ether oxygens (including phenoxy) is 2. The molecule has 0 radical (unpaired) electrons. The fourth-order valence-corrected chi connectivity index (χ4v) is 7.39. The Morgan fingerprint density at radius 3 is 2.84 bits per heavy atom. The number of aromatic carboxylic acids is 1. The summed E-state index contributed by atoms with van der Waals surface area (Å²) in [5.74, 6) is 0.534. The van der Waals surface area contributed by atoms with Crippen LogP contribution in [0.5, 0.6) is 5.75 Å². The zero-order valence-corrected chi connectivity index (χ0v) is 22.5. The van der Waals surface area contributed by atoms with Crippen LogP contribution in [0.2, 0.25) is 5.02 Å². The lowest BCUT2D eigenvalue weighted by molar-refractivity contribution is -0.125. The second-order valence-corrected chi connectivity index (χ2v) is 12.2. The van der Waals surface area contributed by atoms with Gasteiger partial charge in [-0.2, -0.15) is 0 Å². The predicted octanol–water partition coefficient (Wildman–Crippen LogP) is 5.63. The molecule has 2 heterocycles. The van der Waals surface area contributed by atoms with Gasteiger partial charge in [-0.3, -0.25) is 0 Å². The van der Waals surface area contributed by atoms with Crippen LogP contribution in [0, 0.1) is 11.8 Å². The van der Waals surface area contributed by atoms with Crippen LogP contribution in [0.25, 0.3) is 0 Å². The number of aryl methyl sites for hydroxylation is 1. The van der Waals surface area contributed by atoms with Gasteiger partial charge in [-0.25, -0.2) is 4.79 Å². The van der Waals surface area contributed by atoms with E-state index < -0.39 is 11.6 Å². The van der Waals surface area contributed by atoms with Crippen molar-refractivity contribution in [3.05, 3.63) is 70.8 Å². The summed E-state index contributed by atoms with van der Waals surface area (Å²) < 4.78 is 12.6. The lowest BCUT2D eigenvalue weighted by Gasteiger charge is -2.48. The molecule has 2 aromatic rings. The third kappa shape index (κ3) is 4.61. The molecule has 1 saturated carbocycles. The Morgan fingerprint density at radius 1 is 1.21 bits per heavy atom. The number of benzene rings is 2. The van der Waals surface area contributed by atoms with Crippen LogP contribution in [-0.4, -0.2) is 54.2 Å². The predicted molar refractivity (Wildman–Crippen MR) is 148 cm³/mol. The molecule has 0 amide bonds. The van der Waals surface area contributed by atoms with Crippen LogP contribution in [0.3, 0.4) is 0 Å². The number of carboxylic acid groups (broad SMARTS) is 1. The highest BCUT2D eigenvalue weighted by Crippen LogP contribution is 2.48. The van der Waals surface area contributed by atoms with Crippen molar-refractivity contribution in [1.29, 1.82) is 0 Å². The lowest BCUT2D eigenvalue weighted by Crippen LogP contribution is -2.52. The molecule has 0 aromatic heterocycles. The van der Waals surface area contributed by atoms with Gasteiger partial charge in [0.2, 0.25) is 0 Å². The van der Waals surface area contributed by atoms with Crippen molar-refractivity contribution in [2.45, 2.75) is 62.1 Å². The molecule has 2 aliphatic carbocycles. The van der Waals surface area contributed by atoms with Gasteiger partial charge in [0, 0.05) is 36.4 Å². The van der Waals surface area contributed by atoms with E-state index >= 15 is 0 Å². The topological polar surface area (TPSA) is 79.2 Å². The second kappa shape index (κ2) is 9.89. The molecule has 0 bridgehead atoms. The smallest absolute Gasteiger partial charge is 0.335 e. The fraction of sp³-hybridized carbons (Fsp3) is 0.516. The number of nitrogens with zero attached hydrogens (tertiary/aromatic N) is 1. The Kier molecular flexibility index (Phi) is 6.69. The van der Waals surface area contributed by atoms with Crippen molar-refractivity contribution in [1.82, 2.24) is 0 Å². The maximum Gasteiger partial charge on any atom is 0.335 e. The van der Waals surface area contributed by atoms with Gasteiger partial charge in [0.15, 0.2) is 0 Å². The number of hydrogen-bond donors (Lipinski definition) is 2.